The third kappa shape index (κ3) is 4.25. The van der Waals surface area contributed by atoms with Crippen molar-refractivity contribution in [3.63, 3.8) is 0 Å². The maximum atomic E-state index is 13.9. The quantitative estimate of drug-likeness (QED) is 0.499. The van der Waals surface area contributed by atoms with E-state index in [4.69, 9.17) is 5.73 Å². The monoisotopic (exact) mass is 366 g/mol. The van der Waals surface area contributed by atoms with Gasteiger partial charge < -0.3 is 5.73 Å². The van der Waals surface area contributed by atoms with E-state index in [0.29, 0.717) is 22.5 Å². The molecule has 0 bridgehead atoms. The molecule has 138 valence electrons. The number of aromatic nitrogens is 2. The molecule has 0 aliphatic carbocycles. The smallest absolute Gasteiger partial charge is 0.393 e. The summed E-state index contributed by atoms with van der Waals surface area (Å²) in [6.45, 7) is 7.29. The van der Waals surface area contributed by atoms with Crippen LogP contribution in [0.15, 0.2) is 35.3 Å². The molecule has 2 N–H and O–H groups in total. The Morgan fingerprint density at radius 2 is 1.88 bits per heavy atom. The van der Waals surface area contributed by atoms with E-state index >= 15 is 0 Å². The summed E-state index contributed by atoms with van der Waals surface area (Å²) in [5, 5.41) is 8.04. The minimum Gasteiger partial charge on any atom is -0.396 e. The van der Waals surface area contributed by atoms with Gasteiger partial charge in [-0.2, -0.15) is 13.2 Å². The Morgan fingerprint density at radius 3 is 2.38 bits per heavy atom. The molecule has 0 saturated carbocycles. The van der Waals surface area contributed by atoms with Crippen LogP contribution in [-0.2, 0) is 6.42 Å². The standard InChI is InChI=1S/C18H18F4N4/c1-9(2)16(24-4)17-10(3)5-15(25-26-17)12-7-13(19)14(23)6-11(12)8-18(20,21)22/h5-7H,1,8,23H2,2-4H3/b24-16-. The van der Waals surface area contributed by atoms with Gasteiger partial charge in [0.25, 0.3) is 0 Å². The summed E-state index contributed by atoms with van der Waals surface area (Å²) in [7, 11) is 1.58. The number of hydrogen-bond acceptors (Lipinski definition) is 4. The van der Waals surface area contributed by atoms with E-state index in [1.807, 2.05) is 0 Å². The highest BCUT2D eigenvalue weighted by atomic mass is 19.4. The molecule has 4 nitrogen and oxygen atoms in total. The molecule has 0 aliphatic heterocycles. The van der Waals surface area contributed by atoms with Gasteiger partial charge in [-0.1, -0.05) is 6.58 Å². The molecule has 0 radical (unpaired) electrons. The topological polar surface area (TPSA) is 64.2 Å². The van der Waals surface area contributed by atoms with Crippen LogP contribution < -0.4 is 5.73 Å². The third-order valence-corrected chi connectivity index (χ3v) is 3.73. The Kier molecular flexibility index (Phi) is 5.44. The highest BCUT2D eigenvalue weighted by Crippen LogP contribution is 2.32. The van der Waals surface area contributed by atoms with Gasteiger partial charge >= 0.3 is 6.18 Å². The largest absolute Gasteiger partial charge is 0.396 e. The predicted octanol–water partition coefficient (Wildman–Crippen LogP) is 4.27. The highest BCUT2D eigenvalue weighted by molar-refractivity contribution is 6.11. The van der Waals surface area contributed by atoms with Crippen molar-refractivity contribution >= 4 is 11.4 Å². The summed E-state index contributed by atoms with van der Waals surface area (Å²) in [5.41, 5.74) is 7.36. The third-order valence-electron chi connectivity index (χ3n) is 3.73. The van der Waals surface area contributed by atoms with E-state index in [1.165, 1.54) is 0 Å². The van der Waals surface area contributed by atoms with Crippen molar-refractivity contribution < 1.29 is 17.6 Å². The molecule has 26 heavy (non-hydrogen) atoms. The first-order valence-electron chi connectivity index (χ1n) is 7.66. The fourth-order valence-electron chi connectivity index (χ4n) is 2.59. The number of hydrogen-bond donors (Lipinski definition) is 1. The lowest BCUT2D eigenvalue weighted by Crippen LogP contribution is -2.14. The van der Waals surface area contributed by atoms with Crippen LogP contribution in [-0.4, -0.2) is 29.1 Å². The SMILES string of the molecule is C=C(C)/C(=N/C)c1nnc(-c2cc(F)c(N)cc2CC(F)(F)F)cc1C. The Bertz CT molecular complexity index is 885. The van der Waals surface area contributed by atoms with Crippen molar-refractivity contribution in [1.29, 1.82) is 0 Å². The molecule has 1 aromatic carbocycles. The number of nitrogen functional groups attached to an aromatic ring is 1. The summed E-state index contributed by atoms with van der Waals surface area (Å²) >= 11 is 0. The van der Waals surface area contributed by atoms with Gasteiger partial charge in [0.15, 0.2) is 0 Å². The molecule has 0 atom stereocenters. The highest BCUT2D eigenvalue weighted by Gasteiger charge is 2.30. The lowest BCUT2D eigenvalue weighted by molar-refractivity contribution is -0.127. The van der Waals surface area contributed by atoms with Gasteiger partial charge in [-0.25, -0.2) is 4.39 Å². The number of halogens is 4. The number of alkyl halides is 3. The van der Waals surface area contributed by atoms with E-state index in [1.54, 1.807) is 27.0 Å². The molecular formula is C18H18F4N4. The Hall–Kier alpha value is -2.77. The van der Waals surface area contributed by atoms with Gasteiger partial charge in [-0.05, 0) is 48.7 Å². The van der Waals surface area contributed by atoms with Crippen molar-refractivity contribution in [3.8, 4) is 11.3 Å². The maximum Gasteiger partial charge on any atom is 0.393 e. The number of benzene rings is 1. The number of aryl methyl sites for hydroxylation is 1. The van der Waals surface area contributed by atoms with Crippen molar-refractivity contribution in [3.05, 3.63) is 53.0 Å². The molecular weight excluding hydrogens is 348 g/mol. The Balaban J connectivity index is 2.60. The van der Waals surface area contributed by atoms with Crippen molar-refractivity contribution in [1.82, 2.24) is 10.2 Å². The zero-order chi connectivity index (χ0) is 19.6. The second-order valence-electron chi connectivity index (χ2n) is 5.94. The summed E-state index contributed by atoms with van der Waals surface area (Å²) in [5.74, 6) is -0.813. The van der Waals surface area contributed by atoms with Crippen LogP contribution in [0.3, 0.4) is 0 Å². The second-order valence-corrected chi connectivity index (χ2v) is 5.94. The Morgan fingerprint density at radius 1 is 1.23 bits per heavy atom. The molecule has 0 saturated heterocycles. The zero-order valence-electron chi connectivity index (χ0n) is 14.6. The van der Waals surface area contributed by atoms with Gasteiger partial charge in [0, 0.05) is 12.6 Å². The number of nitrogens with zero attached hydrogens (tertiary/aromatic N) is 3. The average Bonchev–Trinajstić information content (AvgIpc) is 2.51. The van der Waals surface area contributed by atoms with Gasteiger partial charge in [-0.3, -0.25) is 4.99 Å². The minimum atomic E-state index is -4.47. The van der Waals surface area contributed by atoms with Crippen LogP contribution in [0, 0.1) is 12.7 Å². The first-order chi connectivity index (χ1) is 12.0. The van der Waals surface area contributed by atoms with Gasteiger partial charge in [0.2, 0.25) is 0 Å². The van der Waals surface area contributed by atoms with Crippen molar-refractivity contribution in [2.24, 2.45) is 4.99 Å². The van der Waals surface area contributed by atoms with E-state index in [-0.39, 0.29) is 22.5 Å². The minimum absolute atomic E-state index is 0.00138. The predicted molar refractivity (Wildman–Crippen MR) is 93.6 cm³/mol. The number of nitrogens with two attached hydrogens (primary N) is 1. The maximum absolute atomic E-state index is 13.9. The van der Waals surface area contributed by atoms with Crippen molar-refractivity contribution in [2.75, 3.05) is 12.8 Å². The molecule has 0 amide bonds. The molecule has 0 spiro atoms. The first-order valence-corrected chi connectivity index (χ1v) is 7.66. The molecule has 2 rings (SSSR count). The van der Waals surface area contributed by atoms with Crippen molar-refractivity contribution in [2.45, 2.75) is 26.4 Å². The van der Waals surface area contributed by atoms with E-state index in [9.17, 15) is 17.6 Å². The van der Waals surface area contributed by atoms with Crippen LogP contribution in [0.2, 0.25) is 0 Å². The molecule has 0 aliphatic rings. The number of anilines is 1. The van der Waals surface area contributed by atoms with E-state index in [2.05, 4.69) is 21.8 Å². The number of allylic oxidation sites excluding steroid dienone is 1. The van der Waals surface area contributed by atoms with Crippen LogP contribution in [0.4, 0.5) is 23.2 Å². The lowest BCUT2D eigenvalue weighted by Gasteiger charge is -2.14. The zero-order valence-corrected chi connectivity index (χ0v) is 14.6. The molecule has 0 unspecified atom stereocenters. The molecule has 0 fully saturated rings. The molecule has 1 heterocycles. The lowest BCUT2D eigenvalue weighted by atomic mass is 9.98. The van der Waals surface area contributed by atoms with Gasteiger partial charge in [0.05, 0.1) is 23.5 Å². The molecule has 8 heteroatoms. The average molecular weight is 366 g/mol. The van der Waals surface area contributed by atoms with E-state index in [0.717, 1.165) is 12.1 Å². The van der Waals surface area contributed by atoms with Crippen LogP contribution in [0.25, 0.3) is 11.3 Å². The summed E-state index contributed by atoms with van der Waals surface area (Å²) in [6.07, 6.45) is -5.72. The van der Waals surface area contributed by atoms with Crippen LogP contribution in [0.1, 0.15) is 23.7 Å². The van der Waals surface area contributed by atoms with Gasteiger partial charge in [0.1, 0.15) is 11.5 Å². The van der Waals surface area contributed by atoms with Crippen LogP contribution >= 0.6 is 0 Å². The fraction of sp³-hybridized carbons (Fsp3) is 0.278. The van der Waals surface area contributed by atoms with Gasteiger partial charge in [-0.15, -0.1) is 10.2 Å². The second kappa shape index (κ2) is 7.23. The summed E-state index contributed by atoms with van der Waals surface area (Å²) in [4.78, 5) is 4.10. The van der Waals surface area contributed by atoms with Crippen LogP contribution in [0.5, 0.6) is 0 Å². The molecule has 1 aromatic heterocycles. The summed E-state index contributed by atoms with van der Waals surface area (Å²) < 4.78 is 52.4. The normalized spacial score (nSPS) is 12.3. The number of rotatable bonds is 4. The fourth-order valence-corrected chi connectivity index (χ4v) is 2.59. The first kappa shape index (κ1) is 19.6. The van der Waals surface area contributed by atoms with E-state index < -0.39 is 18.4 Å². The molecule has 2 aromatic rings. The number of aliphatic imine (C=N–C) groups is 1. The summed E-state index contributed by atoms with van der Waals surface area (Å²) in [6, 6.07) is 3.48. The Labute approximate surface area is 148 Å².